The number of Topliss-reactive ketones (excluding diaryl/α,β-unsaturated/α-hetero) is 3. The minimum Gasteiger partial charge on any atom is -0.396 e. The molecule has 0 aromatic carbocycles. The first-order valence-corrected chi connectivity index (χ1v) is 44.4. The van der Waals surface area contributed by atoms with Gasteiger partial charge in [0.2, 0.25) is 76.4 Å². The lowest BCUT2D eigenvalue weighted by Crippen LogP contribution is -2.51. The highest BCUT2D eigenvalue weighted by molar-refractivity contribution is 5.93. The lowest BCUT2D eigenvalue weighted by molar-refractivity contribution is -0.144. The number of hydrogen-bond donors (Lipinski definition) is 10. The van der Waals surface area contributed by atoms with Crippen LogP contribution in [0.5, 0.6) is 0 Å². The van der Waals surface area contributed by atoms with Crippen LogP contribution in [0.3, 0.4) is 0 Å². The van der Waals surface area contributed by atoms with Crippen LogP contribution in [0.1, 0.15) is 360 Å². The highest BCUT2D eigenvalue weighted by Crippen LogP contribution is 2.28. The van der Waals surface area contributed by atoms with Gasteiger partial charge in [-0.1, -0.05) is 201 Å². The van der Waals surface area contributed by atoms with E-state index in [-0.39, 0.29) is 165 Å². The van der Waals surface area contributed by atoms with Crippen LogP contribution in [-0.4, -0.2) is 241 Å². The first-order valence-electron chi connectivity index (χ1n) is 44.4. The maximum atomic E-state index is 12.2. The largest absolute Gasteiger partial charge is 0.396 e. The summed E-state index contributed by atoms with van der Waals surface area (Å²) in [6.45, 7) is 88.4. The van der Waals surface area contributed by atoms with Gasteiger partial charge in [-0.05, 0) is 103 Å². The minimum atomic E-state index is -0.826. The van der Waals surface area contributed by atoms with E-state index in [9.17, 15) is 77.0 Å². The number of ketones is 3. The van der Waals surface area contributed by atoms with Crippen molar-refractivity contribution in [1.82, 2.24) is 51.5 Å². The van der Waals surface area contributed by atoms with E-state index in [2.05, 4.69) is 41.6 Å². The Morgan fingerprint density at radius 2 is 0.654 bits per heavy atom. The van der Waals surface area contributed by atoms with Gasteiger partial charge < -0.3 is 77.4 Å². The molecule has 0 aliphatic carbocycles. The summed E-state index contributed by atoms with van der Waals surface area (Å²) in [5.74, 6) is -1.32. The highest BCUT2D eigenvalue weighted by Gasteiger charge is 2.38. The number of methoxy groups -OCH3 is 1. The average molecular weight is 1850 g/mol. The van der Waals surface area contributed by atoms with Crippen LogP contribution in [0.2, 0.25) is 0 Å². The van der Waals surface area contributed by atoms with Crippen LogP contribution in [0, 0.1) is 61.9 Å². The van der Waals surface area contributed by atoms with E-state index < -0.39 is 39.7 Å². The van der Waals surface area contributed by atoms with Crippen LogP contribution in [0.4, 0.5) is 0 Å². The van der Waals surface area contributed by atoms with Crippen molar-refractivity contribution in [3.05, 3.63) is 22.8 Å². The molecule has 0 unspecified atom stereocenters. The van der Waals surface area contributed by atoms with Gasteiger partial charge in [0.15, 0.2) is 17.3 Å². The van der Waals surface area contributed by atoms with Gasteiger partial charge in [-0.2, -0.15) is 0 Å². The summed E-state index contributed by atoms with van der Waals surface area (Å²) in [6, 6.07) is 0. The van der Waals surface area contributed by atoms with E-state index in [0.717, 1.165) is 0 Å². The van der Waals surface area contributed by atoms with Crippen molar-refractivity contribution >= 4 is 88.2 Å². The third kappa shape index (κ3) is 100. The maximum Gasteiger partial charge on any atom is 0.301 e. The normalized spacial score (nSPS) is 11.7. The Morgan fingerprint density at radius 1 is 0.369 bits per heavy atom. The van der Waals surface area contributed by atoms with Crippen molar-refractivity contribution in [2.75, 3.05) is 94.8 Å². The zero-order valence-electron chi connectivity index (χ0n) is 89.3. The predicted octanol–water partition coefficient (Wildman–Crippen LogP) is 13.6. The molecule has 762 valence electrons. The van der Waals surface area contributed by atoms with Crippen molar-refractivity contribution in [1.29, 1.82) is 0 Å². The number of hydrogen-bond acceptors (Lipinski definition) is 18. The lowest BCUT2D eigenvalue weighted by Gasteiger charge is -2.36. The van der Waals surface area contributed by atoms with Crippen molar-refractivity contribution in [3.8, 4) is 0 Å². The number of nitrogens with two attached hydrogens (primary N) is 2. The number of aliphatic hydroxyl groups excluding tert-OH is 1. The van der Waals surface area contributed by atoms with E-state index in [4.69, 9.17) is 34.5 Å². The number of carbonyl (C=O) groups excluding carboxylic acids is 15. The van der Waals surface area contributed by atoms with Gasteiger partial charge >= 0.3 is 5.66 Å². The zero-order chi connectivity index (χ0) is 105. The maximum absolute atomic E-state index is 12.2. The fraction of sp³-hybridized carbons (Fsp3) is 0.827. The van der Waals surface area contributed by atoms with E-state index >= 15 is 0 Å². The quantitative estimate of drug-likeness (QED) is 0.0211. The van der Waals surface area contributed by atoms with Gasteiger partial charge in [-0.15, -0.1) is 0 Å². The first kappa shape index (κ1) is 142. The number of carbonyl (C=O) groups is 15. The summed E-state index contributed by atoms with van der Waals surface area (Å²) in [4.78, 5) is 183. The molecule has 0 spiro atoms. The van der Waals surface area contributed by atoms with Gasteiger partial charge in [-0.3, -0.25) is 82.1 Å². The summed E-state index contributed by atoms with van der Waals surface area (Å²) < 4.78 is 4.95. The molecule has 0 aromatic heterocycles. The van der Waals surface area contributed by atoms with Crippen molar-refractivity contribution in [3.63, 3.8) is 0 Å². The zero-order valence-corrected chi connectivity index (χ0v) is 89.3. The molecular weight excluding hydrogens is 1660 g/mol. The van der Waals surface area contributed by atoms with Crippen LogP contribution in [0.15, 0.2) is 0 Å². The van der Waals surface area contributed by atoms with Crippen molar-refractivity contribution in [2.24, 2.45) is 60.2 Å². The standard InChI is InChI=1S/C15H29NO3.C14H27NO3.C11H20N2O.C10H20N2O2.C10H18N2O.C10H21NO2.C10H19NO2.C9H18N2O2.C8H16N2O2.CH4/c1-14(2,3)11-13(18)16(6)15(4,5)12(17)9-8-10-19-7;1-13(2,3)10-12(18)15(6)14(4,5)11(17)8-7-9-16;1-10(2,3)7-9(14)13-8-11(4,5)12-6;1-10(2,3)6-8(13)11-7-9(14)12(4)5;1-9(2,3)7-8(13)12-10(4,5)11-6;1-9(2,3)6-8(12)11-7-10(4,5)13;1-5-8(12)7-11-9(13)6-10(2,3)4;1-9(2,3)5-8(13)11(4)6-7(10)12;1-8(2,3)4-7(12)10-5-6(9)11;/h8-11H2,1-7H3;16H,7-10H2,1-6H3;7-8H2,1-5H3,(H,13,14);6-7H2,1-5H3,(H,11,13);7H2,1-5H3,(H,12,13);13H,6-7H2,1-5H3,(H,11,12);5-7H2,1-4H3,(H,11,13);5-6H2,1-4H3,(H2,10,12);4-5H2,1-3H3,(H2,9,11)(H,10,12);1H4. The Balaban J connectivity index is -0.000000156. The average Bonchev–Trinajstić information content (AvgIpc) is 0.828. The Bertz CT molecular complexity index is 3500. The number of rotatable bonds is 34. The number of nitrogens with zero attached hydrogens (tertiary/aromatic N) is 6. The smallest absolute Gasteiger partial charge is 0.301 e. The van der Waals surface area contributed by atoms with Crippen LogP contribution in [0.25, 0.3) is 9.69 Å². The molecule has 0 bridgehead atoms. The number of ether oxygens (including phenoxy) is 1. The third-order valence-electron chi connectivity index (χ3n) is 16.8. The molecular formula is C98H192N14O18. The molecule has 32 nitrogen and oxygen atoms in total. The number of nitrogens with one attached hydrogen (secondary N) is 6. The molecule has 0 aromatic rings. The van der Waals surface area contributed by atoms with Crippen molar-refractivity contribution in [2.45, 2.75) is 388 Å². The Labute approximate surface area is 789 Å². The fourth-order valence-corrected chi connectivity index (χ4v) is 9.41. The van der Waals surface area contributed by atoms with Crippen LogP contribution < -0.4 is 43.4 Å². The molecule has 0 saturated heterocycles. The fourth-order valence-electron chi connectivity index (χ4n) is 9.41. The first-order chi connectivity index (χ1) is 57.1. The van der Waals surface area contributed by atoms with Crippen LogP contribution >= 0.6 is 0 Å². The second-order valence-electron chi connectivity index (χ2n) is 46.6. The second kappa shape index (κ2) is 64.4. The van der Waals surface area contributed by atoms with E-state index in [0.29, 0.717) is 110 Å². The monoisotopic (exact) mass is 1850 g/mol. The van der Waals surface area contributed by atoms with E-state index in [1.165, 1.54) is 14.7 Å². The molecule has 0 rings (SSSR count). The lowest BCUT2D eigenvalue weighted by atomic mass is 9.89. The van der Waals surface area contributed by atoms with Gasteiger partial charge in [0, 0.05) is 167 Å². The Kier molecular flexibility index (Phi) is 70.3. The number of likely N-dealkylation sites (N-methyl/N-ethyl adjacent to an activating group) is 4. The van der Waals surface area contributed by atoms with Gasteiger partial charge in [0.25, 0.3) is 0 Å². The number of aliphatic hydroxyl groups is 2. The summed E-state index contributed by atoms with van der Waals surface area (Å²) in [7, 11) is 9.91. The summed E-state index contributed by atoms with van der Waals surface area (Å²) in [5, 5.41) is 33.9. The van der Waals surface area contributed by atoms with Gasteiger partial charge in [0.05, 0.1) is 49.4 Å². The Morgan fingerprint density at radius 3 is 0.915 bits per heavy atom. The van der Waals surface area contributed by atoms with E-state index in [1.54, 1.807) is 95.7 Å². The SMILES string of the molecule is C.CC(C)(C)CC(=O)NCC(C)(C)O.CC(C)(C)CC(=O)NCC(N)=O.CCC(=O)CNC(=O)CC(C)(C)C.CN(C(=O)CC(C)(C)C)C(C)(C)C(=O)CCCO.CN(C)C(=O)CNC(=O)CC(C)(C)C.CN(CC(N)=O)C(=O)CC(C)(C)C.COCCCC(=O)C(C)(C)N(C)C(=O)CC(C)(C)C.[C-]#[N+]C(C)(C)CNC(=O)CC(C)(C)C.[C-]#[N+]C(C)(C)NC(=O)CC(C)(C)C. The molecule has 12 amide bonds. The molecule has 0 aliphatic heterocycles. The molecule has 0 atom stereocenters. The molecule has 12 N–H and O–H groups in total. The second-order valence-corrected chi connectivity index (χ2v) is 46.6. The Hall–Kier alpha value is -8.49. The van der Waals surface area contributed by atoms with Crippen molar-refractivity contribution < 1.29 is 86.9 Å². The van der Waals surface area contributed by atoms with Crippen LogP contribution in [-0.2, 0) is 76.7 Å². The molecule has 0 heterocycles. The third-order valence-corrected chi connectivity index (χ3v) is 16.8. The van der Waals surface area contributed by atoms with Gasteiger partial charge in [-0.25, -0.2) is 13.1 Å². The molecule has 0 radical (unpaired) electrons. The number of amides is 12. The summed E-state index contributed by atoms with van der Waals surface area (Å²) in [6.07, 6.45) is 6.40. The molecule has 32 heteroatoms. The highest BCUT2D eigenvalue weighted by atomic mass is 16.5. The minimum absolute atomic E-state index is 0. The molecule has 0 saturated carbocycles. The topological polar surface area (TPSA) is 452 Å². The van der Waals surface area contributed by atoms with Gasteiger partial charge in [0.1, 0.15) is 0 Å². The molecule has 0 fully saturated rings. The molecule has 0 aliphatic rings. The van der Waals surface area contributed by atoms with E-state index in [1.807, 2.05) is 215 Å². The predicted molar refractivity (Wildman–Crippen MR) is 525 cm³/mol. The number of primary amides is 2. The summed E-state index contributed by atoms with van der Waals surface area (Å²) >= 11 is 0. The summed E-state index contributed by atoms with van der Waals surface area (Å²) in [5.41, 5.74) is 5.83. The molecule has 130 heavy (non-hydrogen) atoms.